The third kappa shape index (κ3) is 3.80. The normalized spacial score (nSPS) is 19.7. The molecule has 2 aromatic heterocycles. The number of nitrogens with zero attached hydrogens (tertiary/aromatic N) is 2. The topological polar surface area (TPSA) is 78.1 Å². The Morgan fingerprint density at radius 2 is 1.84 bits per heavy atom. The predicted octanol–water partition coefficient (Wildman–Crippen LogP) is 5.18. The van der Waals surface area contributed by atoms with Crippen molar-refractivity contribution in [2.75, 3.05) is 46.6 Å². The lowest BCUT2D eigenvalue weighted by Crippen LogP contribution is -2.41. The second kappa shape index (κ2) is 8.83. The van der Waals surface area contributed by atoms with Crippen LogP contribution in [0.3, 0.4) is 0 Å². The number of ether oxygens (including phenoxy) is 5. The van der Waals surface area contributed by atoms with Gasteiger partial charge in [0.05, 0.1) is 32.4 Å². The fourth-order valence-corrected chi connectivity index (χ4v) is 6.03. The molecule has 8 nitrogen and oxygen atoms in total. The van der Waals surface area contributed by atoms with E-state index in [9.17, 15) is 0 Å². The number of hydrogen-bond donors (Lipinski definition) is 1. The average Bonchev–Trinajstić information content (AvgIpc) is 3.23. The van der Waals surface area contributed by atoms with E-state index >= 15 is 4.39 Å². The van der Waals surface area contributed by atoms with Crippen LogP contribution in [0.4, 0.5) is 4.39 Å². The molecule has 7 rings (SSSR count). The van der Waals surface area contributed by atoms with Crippen molar-refractivity contribution in [1.29, 1.82) is 0 Å². The van der Waals surface area contributed by atoms with Gasteiger partial charge in [0.2, 0.25) is 0 Å². The number of likely N-dealkylation sites (tertiary alicyclic amines) is 1. The molecule has 38 heavy (non-hydrogen) atoms. The van der Waals surface area contributed by atoms with Crippen LogP contribution >= 0.6 is 0 Å². The number of aromatic amines is 1. The van der Waals surface area contributed by atoms with Crippen molar-refractivity contribution in [2.45, 2.75) is 25.6 Å². The van der Waals surface area contributed by atoms with Crippen LogP contribution in [0.15, 0.2) is 42.6 Å². The smallest absolute Gasteiger partial charge is 0.188 e. The number of fused-ring (bicyclic) bond motifs is 3. The summed E-state index contributed by atoms with van der Waals surface area (Å²) in [5.74, 6) is 0.955. The summed E-state index contributed by atoms with van der Waals surface area (Å²) in [6.07, 6.45) is 3.95. The van der Waals surface area contributed by atoms with E-state index in [2.05, 4.69) is 14.9 Å². The molecule has 9 heteroatoms. The Morgan fingerprint density at radius 1 is 1.00 bits per heavy atom. The van der Waals surface area contributed by atoms with Gasteiger partial charge in [-0.2, -0.15) is 0 Å². The number of H-pyrrole nitrogens is 1. The van der Waals surface area contributed by atoms with Gasteiger partial charge in [-0.1, -0.05) is 0 Å². The quantitative estimate of drug-likeness (QED) is 0.360. The van der Waals surface area contributed by atoms with Crippen LogP contribution in [0.25, 0.3) is 21.8 Å². The van der Waals surface area contributed by atoms with Gasteiger partial charge < -0.3 is 28.7 Å². The first-order chi connectivity index (χ1) is 18.5. The maximum absolute atomic E-state index is 15.2. The van der Waals surface area contributed by atoms with Gasteiger partial charge in [-0.25, -0.2) is 4.39 Å². The van der Waals surface area contributed by atoms with Crippen LogP contribution in [-0.2, 0) is 9.47 Å². The Morgan fingerprint density at radius 3 is 2.63 bits per heavy atom. The molecule has 0 atom stereocenters. The highest BCUT2D eigenvalue weighted by Crippen LogP contribution is 2.61. The minimum atomic E-state index is -0.433. The van der Waals surface area contributed by atoms with Crippen molar-refractivity contribution in [3.63, 3.8) is 0 Å². The molecule has 4 heterocycles. The monoisotopic (exact) mass is 519 g/mol. The highest BCUT2D eigenvalue weighted by Gasteiger charge is 2.67. The lowest BCUT2D eigenvalue weighted by molar-refractivity contribution is -0.182. The van der Waals surface area contributed by atoms with Crippen molar-refractivity contribution in [3.8, 4) is 23.0 Å². The molecule has 198 valence electrons. The molecular weight excluding hydrogens is 489 g/mol. The summed E-state index contributed by atoms with van der Waals surface area (Å²) >= 11 is 0. The van der Waals surface area contributed by atoms with Gasteiger partial charge in [0.15, 0.2) is 28.9 Å². The molecule has 2 aromatic carbocycles. The summed E-state index contributed by atoms with van der Waals surface area (Å²) in [6.45, 7) is 6.24. The standard InChI is InChI=1S/C29H30FN3O5/c1-18-13-20-21(32-18)3-4-24(27(20)30)38-23-5-8-31-22-15-26(25(34-2)14-19(22)23)35-10-9-33-16-28(6-7-28)29(17-33)36-11-12-37-29/h3-5,8,13-15,32H,6-7,9-12,16-17H2,1-2H3. The second-order valence-corrected chi connectivity index (χ2v) is 10.5. The summed E-state index contributed by atoms with van der Waals surface area (Å²) in [4.78, 5) is 10.0. The number of rotatable bonds is 7. The van der Waals surface area contributed by atoms with E-state index in [0.717, 1.165) is 43.7 Å². The molecule has 3 aliphatic rings. The molecule has 0 unspecified atom stereocenters. The van der Waals surface area contributed by atoms with Crippen LogP contribution in [0.1, 0.15) is 18.5 Å². The molecule has 1 saturated carbocycles. The van der Waals surface area contributed by atoms with Crippen LogP contribution in [0.5, 0.6) is 23.0 Å². The second-order valence-electron chi connectivity index (χ2n) is 10.5. The lowest BCUT2D eigenvalue weighted by atomic mass is 10.00. The minimum absolute atomic E-state index is 0.147. The highest BCUT2D eigenvalue weighted by atomic mass is 19.1. The minimum Gasteiger partial charge on any atom is -0.493 e. The lowest BCUT2D eigenvalue weighted by Gasteiger charge is -2.28. The molecule has 0 radical (unpaired) electrons. The van der Waals surface area contributed by atoms with E-state index in [0.29, 0.717) is 53.4 Å². The number of benzene rings is 2. The number of methoxy groups -OCH3 is 1. The summed E-state index contributed by atoms with van der Waals surface area (Å²) < 4.78 is 45.2. The molecule has 0 bridgehead atoms. The van der Waals surface area contributed by atoms with Crippen LogP contribution in [0, 0.1) is 18.2 Å². The fraction of sp³-hybridized carbons (Fsp3) is 0.414. The number of aryl methyl sites for hydroxylation is 1. The number of nitrogens with one attached hydrogen (secondary N) is 1. The summed E-state index contributed by atoms with van der Waals surface area (Å²) in [5.41, 5.74) is 2.44. The van der Waals surface area contributed by atoms with Crippen molar-refractivity contribution in [1.82, 2.24) is 14.9 Å². The van der Waals surface area contributed by atoms with E-state index in [-0.39, 0.29) is 11.2 Å². The fourth-order valence-electron chi connectivity index (χ4n) is 6.03. The molecule has 1 N–H and O–H groups in total. The maximum Gasteiger partial charge on any atom is 0.188 e. The first-order valence-electron chi connectivity index (χ1n) is 13.0. The van der Waals surface area contributed by atoms with Crippen LogP contribution < -0.4 is 14.2 Å². The summed E-state index contributed by atoms with van der Waals surface area (Å²) in [6, 6.07) is 10.6. The molecule has 2 aliphatic heterocycles. The largest absolute Gasteiger partial charge is 0.493 e. The predicted molar refractivity (Wildman–Crippen MR) is 140 cm³/mol. The van der Waals surface area contributed by atoms with Crippen molar-refractivity contribution in [2.24, 2.45) is 5.41 Å². The zero-order chi connectivity index (χ0) is 25.9. The highest BCUT2D eigenvalue weighted by molar-refractivity contribution is 5.89. The molecule has 1 aliphatic carbocycles. The number of hydrogen-bond acceptors (Lipinski definition) is 7. The van der Waals surface area contributed by atoms with Crippen LogP contribution in [0.2, 0.25) is 0 Å². The van der Waals surface area contributed by atoms with Crippen LogP contribution in [-0.4, -0.2) is 67.2 Å². The van der Waals surface area contributed by atoms with Gasteiger partial charge in [0.1, 0.15) is 12.4 Å². The maximum atomic E-state index is 15.2. The first-order valence-corrected chi connectivity index (χ1v) is 13.0. The Labute approximate surface area is 219 Å². The molecular formula is C29H30FN3O5. The zero-order valence-corrected chi connectivity index (χ0v) is 21.5. The van der Waals surface area contributed by atoms with Crippen molar-refractivity contribution < 1.29 is 28.1 Å². The summed E-state index contributed by atoms with van der Waals surface area (Å²) in [7, 11) is 1.60. The zero-order valence-electron chi connectivity index (χ0n) is 21.5. The van der Waals surface area contributed by atoms with E-state index < -0.39 is 11.6 Å². The van der Waals surface area contributed by atoms with Gasteiger partial charge in [0.25, 0.3) is 0 Å². The number of aromatic nitrogens is 2. The molecule has 3 fully saturated rings. The van der Waals surface area contributed by atoms with Gasteiger partial charge in [-0.05, 0) is 50.1 Å². The SMILES string of the molecule is COc1cc2c(Oc3ccc4[nH]c(C)cc4c3F)ccnc2cc1OCCN1CC2(CC2)C2(C1)OCCO2. The third-order valence-electron chi connectivity index (χ3n) is 8.08. The van der Waals surface area contributed by atoms with Gasteiger partial charge in [-0.3, -0.25) is 9.88 Å². The number of halogens is 1. The van der Waals surface area contributed by atoms with Gasteiger partial charge >= 0.3 is 0 Å². The average molecular weight is 520 g/mol. The van der Waals surface area contributed by atoms with Gasteiger partial charge in [0, 0.05) is 52.8 Å². The molecule has 2 saturated heterocycles. The Hall–Kier alpha value is -3.40. The van der Waals surface area contributed by atoms with Gasteiger partial charge in [-0.15, -0.1) is 0 Å². The van der Waals surface area contributed by atoms with E-state index in [1.165, 1.54) is 0 Å². The Balaban J connectivity index is 1.09. The van der Waals surface area contributed by atoms with Crippen molar-refractivity contribution in [3.05, 3.63) is 54.1 Å². The Bertz CT molecular complexity index is 1530. The van der Waals surface area contributed by atoms with E-state index in [4.69, 9.17) is 23.7 Å². The molecule has 4 aromatic rings. The van der Waals surface area contributed by atoms with Crippen molar-refractivity contribution >= 4 is 21.8 Å². The van der Waals surface area contributed by atoms with E-state index in [1.54, 1.807) is 31.5 Å². The third-order valence-corrected chi connectivity index (χ3v) is 8.08. The molecule has 0 amide bonds. The molecule has 2 spiro atoms. The van der Waals surface area contributed by atoms with E-state index in [1.807, 2.05) is 25.1 Å². The summed E-state index contributed by atoms with van der Waals surface area (Å²) in [5, 5.41) is 1.20. The number of pyridine rings is 1. The Kier molecular flexibility index (Phi) is 5.51. The first kappa shape index (κ1) is 23.7.